The van der Waals surface area contributed by atoms with Gasteiger partial charge in [0.05, 0.1) is 4.92 Å². The molecule has 0 spiro atoms. The van der Waals surface area contributed by atoms with Gasteiger partial charge in [-0.3, -0.25) is 19.7 Å². The van der Waals surface area contributed by atoms with E-state index in [0.29, 0.717) is 4.90 Å². The van der Waals surface area contributed by atoms with Gasteiger partial charge in [-0.05, 0) is 17.7 Å². The van der Waals surface area contributed by atoms with Crippen LogP contribution in [-0.4, -0.2) is 39.4 Å². The lowest BCUT2D eigenvalue weighted by molar-refractivity contribution is -0.384. The van der Waals surface area contributed by atoms with E-state index in [4.69, 9.17) is 16.7 Å². The Kier molecular flexibility index (Phi) is 4.08. The fourth-order valence-electron chi connectivity index (χ4n) is 1.78. The number of imide groups is 1. The number of halogens is 1. The Balaban J connectivity index is 2.33. The van der Waals surface area contributed by atoms with Gasteiger partial charge in [0.15, 0.2) is 0 Å². The third kappa shape index (κ3) is 3.04. The summed E-state index contributed by atoms with van der Waals surface area (Å²) in [5, 5.41) is 21.6. The van der Waals surface area contributed by atoms with Crippen molar-refractivity contribution in [3.05, 3.63) is 44.6 Å². The average molecular weight is 326 g/mol. The number of nitro groups is 1. The van der Waals surface area contributed by atoms with E-state index in [2.05, 4.69) is 5.32 Å². The standard InChI is InChI=1S/C12H8ClN3O6/c13-7-2-1-6(4-9(7)16(21)22)3-8-11(19)15(5-10(17)18)12(20)14-8/h1-4H,5H2,(H,14,20)(H,17,18)/b8-3+. The maximum absolute atomic E-state index is 11.9. The number of benzene rings is 1. The average Bonchev–Trinajstić information content (AvgIpc) is 2.68. The lowest BCUT2D eigenvalue weighted by Gasteiger charge is -2.06. The van der Waals surface area contributed by atoms with Crippen molar-refractivity contribution in [2.24, 2.45) is 0 Å². The van der Waals surface area contributed by atoms with E-state index in [1.54, 1.807) is 0 Å². The molecule has 10 heteroatoms. The van der Waals surface area contributed by atoms with Crippen molar-refractivity contribution in [1.82, 2.24) is 10.2 Å². The summed E-state index contributed by atoms with van der Waals surface area (Å²) in [5.74, 6) is -2.17. The van der Waals surface area contributed by atoms with Crippen LogP contribution in [0.1, 0.15) is 5.56 Å². The molecule has 1 aromatic rings. The minimum absolute atomic E-state index is 0.0681. The van der Waals surface area contributed by atoms with Crippen molar-refractivity contribution in [3.8, 4) is 0 Å². The lowest BCUT2D eigenvalue weighted by atomic mass is 10.1. The van der Waals surface area contributed by atoms with Crippen molar-refractivity contribution >= 4 is 41.3 Å². The quantitative estimate of drug-likeness (QED) is 0.370. The fourth-order valence-corrected chi connectivity index (χ4v) is 1.96. The molecule has 3 amide bonds. The van der Waals surface area contributed by atoms with Gasteiger partial charge in [0.1, 0.15) is 17.3 Å². The molecule has 0 unspecified atom stereocenters. The number of carboxylic acid groups (broad SMARTS) is 1. The highest BCUT2D eigenvalue weighted by molar-refractivity contribution is 6.32. The molecular formula is C12H8ClN3O6. The maximum atomic E-state index is 11.9. The van der Waals surface area contributed by atoms with Crippen molar-refractivity contribution in [1.29, 1.82) is 0 Å². The van der Waals surface area contributed by atoms with Crippen LogP contribution in [0.4, 0.5) is 10.5 Å². The predicted octanol–water partition coefficient (Wildman–Crippen LogP) is 1.23. The number of amides is 3. The molecule has 0 aromatic heterocycles. The number of hydrogen-bond donors (Lipinski definition) is 2. The van der Waals surface area contributed by atoms with E-state index >= 15 is 0 Å². The van der Waals surface area contributed by atoms with Gasteiger partial charge in [-0.2, -0.15) is 0 Å². The molecule has 1 aliphatic heterocycles. The highest BCUT2D eigenvalue weighted by atomic mass is 35.5. The fraction of sp³-hybridized carbons (Fsp3) is 0.0833. The normalized spacial score (nSPS) is 16.0. The van der Waals surface area contributed by atoms with Crippen LogP contribution in [0.5, 0.6) is 0 Å². The number of carboxylic acids is 1. The van der Waals surface area contributed by atoms with Crippen LogP contribution >= 0.6 is 11.6 Å². The van der Waals surface area contributed by atoms with Gasteiger partial charge in [0.2, 0.25) is 0 Å². The van der Waals surface area contributed by atoms with E-state index < -0.39 is 29.4 Å². The second-order valence-corrected chi connectivity index (χ2v) is 4.65. The second-order valence-electron chi connectivity index (χ2n) is 4.24. The van der Waals surface area contributed by atoms with E-state index in [1.165, 1.54) is 18.2 Å². The third-order valence-corrected chi connectivity index (χ3v) is 3.05. The number of nitrogens with one attached hydrogen (secondary N) is 1. The summed E-state index contributed by atoms with van der Waals surface area (Å²) in [7, 11) is 0. The minimum Gasteiger partial charge on any atom is -0.480 e. The van der Waals surface area contributed by atoms with Crippen LogP contribution in [0.25, 0.3) is 6.08 Å². The number of nitro benzene ring substituents is 1. The molecule has 22 heavy (non-hydrogen) atoms. The molecule has 114 valence electrons. The summed E-state index contributed by atoms with van der Waals surface area (Å²) in [5.41, 5.74) is -0.269. The van der Waals surface area contributed by atoms with Gasteiger partial charge in [0, 0.05) is 6.07 Å². The van der Waals surface area contributed by atoms with E-state index in [1.807, 2.05) is 0 Å². The first kappa shape index (κ1) is 15.4. The summed E-state index contributed by atoms with van der Waals surface area (Å²) in [4.78, 5) is 44.6. The molecule has 1 heterocycles. The van der Waals surface area contributed by atoms with Gasteiger partial charge < -0.3 is 10.4 Å². The first-order valence-corrected chi connectivity index (χ1v) is 6.17. The Morgan fingerprint density at radius 2 is 2.14 bits per heavy atom. The molecule has 0 radical (unpaired) electrons. The largest absolute Gasteiger partial charge is 0.480 e. The zero-order valence-corrected chi connectivity index (χ0v) is 11.5. The predicted molar refractivity (Wildman–Crippen MR) is 74.0 cm³/mol. The zero-order valence-electron chi connectivity index (χ0n) is 10.8. The van der Waals surface area contributed by atoms with Crippen LogP contribution in [0, 0.1) is 10.1 Å². The minimum atomic E-state index is -1.34. The first-order chi connectivity index (χ1) is 10.3. The first-order valence-electron chi connectivity index (χ1n) is 5.80. The molecule has 0 saturated carbocycles. The van der Waals surface area contributed by atoms with Crippen LogP contribution in [0.15, 0.2) is 23.9 Å². The van der Waals surface area contributed by atoms with Gasteiger partial charge >= 0.3 is 12.0 Å². The Labute approximate surface area is 127 Å². The number of carbonyl (C=O) groups excluding carboxylic acids is 2. The van der Waals surface area contributed by atoms with Crippen molar-refractivity contribution in [3.63, 3.8) is 0 Å². The summed E-state index contributed by atoms with van der Waals surface area (Å²) in [6, 6.07) is 2.96. The molecule has 0 aliphatic carbocycles. The van der Waals surface area contributed by atoms with Crippen LogP contribution in [0.3, 0.4) is 0 Å². The highest BCUT2D eigenvalue weighted by Gasteiger charge is 2.34. The molecular weight excluding hydrogens is 318 g/mol. The smallest absolute Gasteiger partial charge is 0.329 e. The highest BCUT2D eigenvalue weighted by Crippen LogP contribution is 2.26. The number of aliphatic carboxylic acids is 1. The van der Waals surface area contributed by atoms with E-state index in [-0.39, 0.29) is 22.0 Å². The Morgan fingerprint density at radius 1 is 1.45 bits per heavy atom. The molecule has 9 nitrogen and oxygen atoms in total. The van der Waals surface area contributed by atoms with E-state index in [9.17, 15) is 24.5 Å². The Bertz CT molecular complexity index is 730. The van der Waals surface area contributed by atoms with Gasteiger partial charge in [-0.1, -0.05) is 17.7 Å². The third-order valence-electron chi connectivity index (χ3n) is 2.73. The summed E-state index contributed by atoms with van der Waals surface area (Å²) >= 11 is 5.67. The number of hydrogen-bond acceptors (Lipinski definition) is 5. The maximum Gasteiger partial charge on any atom is 0.329 e. The number of nitrogens with zero attached hydrogens (tertiary/aromatic N) is 2. The molecule has 0 bridgehead atoms. The number of urea groups is 1. The Morgan fingerprint density at radius 3 is 2.73 bits per heavy atom. The van der Waals surface area contributed by atoms with Crippen molar-refractivity contribution in [2.45, 2.75) is 0 Å². The molecule has 0 atom stereocenters. The number of rotatable bonds is 4. The summed E-state index contributed by atoms with van der Waals surface area (Å²) in [6.45, 7) is -0.775. The molecule has 1 aromatic carbocycles. The molecule has 1 saturated heterocycles. The number of carbonyl (C=O) groups is 3. The molecule has 1 fully saturated rings. The van der Waals surface area contributed by atoms with Crippen LogP contribution < -0.4 is 5.32 Å². The summed E-state index contributed by atoms with van der Waals surface area (Å²) in [6.07, 6.45) is 1.20. The molecule has 1 aliphatic rings. The van der Waals surface area contributed by atoms with Gasteiger partial charge in [-0.25, -0.2) is 9.69 Å². The topological polar surface area (TPSA) is 130 Å². The molecule has 2 rings (SSSR count). The Hall–Kier alpha value is -2.94. The monoisotopic (exact) mass is 325 g/mol. The second kappa shape index (κ2) is 5.82. The van der Waals surface area contributed by atoms with Gasteiger partial charge in [-0.15, -0.1) is 0 Å². The van der Waals surface area contributed by atoms with Crippen molar-refractivity contribution in [2.75, 3.05) is 6.54 Å². The summed E-state index contributed by atoms with van der Waals surface area (Å²) < 4.78 is 0. The zero-order chi connectivity index (χ0) is 16.4. The van der Waals surface area contributed by atoms with Crippen molar-refractivity contribution < 1.29 is 24.4 Å². The van der Waals surface area contributed by atoms with Crippen LogP contribution in [0.2, 0.25) is 5.02 Å². The SMILES string of the molecule is O=C(O)CN1C(=O)N/C(=C/c2ccc(Cl)c([N+](=O)[O-])c2)C1=O. The van der Waals surface area contributed by atoms with E-state index in [0.717, 1.165) is 6.07 Å². The molecule has 2 N–H and O–H groups in total. The lowest BCUT2D eigenvalue weighted by Crippen LogP contribution is -2.35. The van der Waals surface area contributed by atoms with Crippen LogP contribution in [-0.2, 0) is 9.59 Å². The van der Waals surface area contributed by atoms with Gasteiger partial charge in [0.25, 0.3) is 11.6 Å².